The first kappa shape index (κ1) is 25.0. The predicted octanol–water partition coefficient (Wildman–Crippen LogP) is 1.70. The van der Waals surface area contributed by atoms with E-state index < -0.39 is 18.5 Å². The van der Waals surface area contributed by atoms with Gasteiger partial charge in [-0.1, -0.05) is 60.2 Å². The van der Waals surface area contributed by atoms with E-state index in [1.165, 1.54) is 5.56 Å². The van der Waals surface area contributed by atoms with Crippen LogP contribution >= 0.6 is 0 Å². The van der Waals surface area contributed by atoms with Crippen molar-refractivity contribution in [3.05, 3.63) is 71.3 Å². The summed E-state index contributed by atoms with van der Waals surface area (Å²) < 4.78 is 0. The van der Waals surface area contributed by atoms with Crippen LogP contribution in [-0.2, 0) is 0 Å². The number of ketones is 1. The zero-order valence-electron chi connectivity index (χ0n) is 16.4. The van der Waals surface area contributed by atoms with E-state index in [9.17, 15) is 4.79 Å². The van der Waals surface area contributed by atoms with Crippen LogP contribution in [0.1, 0.15) is 49.2 Å². The first-order chi connectivity index (χ1) is 12.3. The van der Waals surface area contributed by atoms with Crippen molar-refractivity contribution in [2.45, 2.75) is 45.8 Å². The zero-order chi connectivity index (χ0) is 21.3. The van der Waals surface area contributed by atoms with Gasteiger partial charge in [0.25, 0.3) is 0 Å². The second-order valence-electron chi connectivity index (χ2n) is 7.03. The van der Waals surface area contributed by atoms with Crippen LogP contribution in [0.3, 0.4) is 0 Å². The van der Waals surface area contributed by atoms with Gasteiger partial charge in [0, 0.05) is 11.1 Å². The number of rotatable bonds is 3. The summed E-state index contributed by atoms with van der Waals surface area (Å²) in [6, 6.07) is 17.0. The average molecular weight is 376 g/mol. The van der Waals surface area contributed by atoms with Crippen LogP contribution in [-0.4, -0.2) is 49.6 Å². The molecule has 0 aliphatic heterocycles. The summed E-state index contributed by atoms with van der Waals surface area (Å²) in [5, 5.41) is 39.7. The first-order valence-electron chi connectivity index (χ1n) is 8.41. The minimum Gasteiger partial charge on any atom is -0.402 e. The normalized spacial score (nSPS) is 10.7. The highest BCUT2D eigenvalue weighted by Gasteiger charge is 2.31. The Balaban J connectivity index is 0.000000476. The molecule has 0 unspecified atom stereocenters. The molecular weight excluding hydrogens is 347 g/mol. The standard InChI is InChI=1S/C14H12O.C6H14O2.BH3O3/c1-11-7-9-13(10-8-11)14(15)12-5-3-2-4-6-12;1-5(2,7)6(3,4)8;2-1(3)4/h2-10H,1H3;7-8H,1-4H3;2-4H. The molecule has 0 spiro atoms. The Kier molecular flexibility index (Phi) is 10.1. The molecule has 0 amide bonds. The van der Waals surface area contributed by atoms with E-state index in [-0.39, 0.29) is 5.78 Å². The second-order valence-corrected chi connectivity index (χ2v) is 7.03. The van der Waals surface area contributed by atoms with Crippen molar-refractivity contribution < 1.29 is 30.1 Å². The number of aryl methyl sites for hydroxylation is 1. The van der Waals surface area contributed by atoms with Crippen LogP contribution < -0.4 is 0 Å². The van der Waals surface area contributed by atoms with Crippen molar-refractivity contribution in [1.29, 1.82) is 0 Å². The Morgan fingerprint density at radius 3 is 1.41 bits per heavy atom. The molecule has 0 aliphatic carbocycles. The minimum absolute atomic E-state index is 0.0793. The number of aliphatic hydroxyl groups is 2. The van der Waals surface area contributed by atoms with Crippen LogP contribution in [0.5, 0.6) is 0 Å². The number of benzene rings is 2. The van der Waals surface area contributed by atoms with E-state index in [2.05, 4.69) is 0 Å². The molecule has 0 saturated heterocycles. The summed E-state index contributed by atoms with van der Waals surface area (Å²) in [4.78, 5) is 12.0. The van der Waals surface area contributed by atoms with Crippen molar-refractivity contribution >= 4 is 13.1 Å². The summed E-state index contributed by atoms with van der Waals surface area (Å²) in [5.74, 6) is 0.0793. The summed E-state index contributed by atoms with van der Waals surface area (Å²) in [6.07, 6.45) is 0. The van der Waals surface area contributed by atoms with Gasteiger partial charge < -0.3 is 25.3 Å². The molecule has 148 valence electrons. The summed E-state index contributed by atoms with van der Waals surface area (Å²) in [5.41, 5.74) is 0.632. The lowest BCUT2D eigenvalue weighted by atomic mass is 9.90. The van der Waals surface area contributed by atoms with Gasteiger partial charge >= 0.3 is 7.32 Å². The van der Waals surface area contributed by atoms with Crippen molar-refractivity contribution in [1.82, 2.24) is 0 Å². The fourth-order valence-electron chi connectivity index (χ4n) is 1.46. The Labute approximate surface area is 160 Å². The minimum atomic E-state index is -2.17. The molecular formula is C20H29BO6. The monoisotopic (exact) mass is 376 g/mol. The molecule has 5 N–H and O–H groups in total. The van der Waals surface area contributed by atoms with Gasteiger partial charge in [0.05, 0.1) is 11.2 Å². The largest absolute Gasteiger partial charge is 0.631 e. The maximum Gasteiger partial charge on any atom is 0.631 e. The molecule has 0 aliphatic rings. The molecule has 0 bridgehead atoms. The third-order valence-corrected chi connectivity index (χ3v) is 3.85. The highest BCUT2D eigenvalue weighted by Crippen LogP contribution is 2.19. The smallest absolute Gasteiger partial charge is 0.402 e. The van der Waals surface area contributed by atoms with E-state index in [0.29, 0.717) is 0 Å². The van der Waals surface area contributed by atoms with Gasteiger partial charge in [-0.25, -0.2) is 0 Å². The topological polar surface area (TPSA) is 118 Å². The van der Waals surface area contributed by atoms with Crippen LogP contribution in [0.15, 0.2) is 54.6 Å². The van der Waals surface area contributed by atoms with Crippen molar-refractivity contribution in [2.75, 3.05) is 0 Å². The highest BCUT2D eigenvalue weighted by atomic mass is 16.5. The fourth-order valence-corrected chi connectivity index (χ4v) is 1.46. The SMILES string of the molecule is CC(C)(O)C(C)(C)O.Cc1ccc(C(=O)c2ccccc2)cc1.OB(O)O. The van der Waals surface area contributed by atoms with E-state index >= 15 is 0 Å². The van der Waals surface area contributed by atoms with Gasteiger partial charge in [0.1, 0.15) is 0 Å². The molecule has 0 aromatic heterocycles. The van der Waals surface area contributed by atoms with Gasteiger partial charge in [-0.2, -0.15) is 0 Å². The second kappa shape index (κ2) is 11.0. The van der Waals surface area contributed by atoms with E-state index in [0.717, 1.165) is 11.1 Å². The van der Waals surface area contributed by atoms with E-state index in [4.69, 9.17) is 25.3 Å². The summed E-state index contributed by atoms with van der Waals surface area (Å²) in [7, 11) is -2.17. The summed E-state index contributed by atoms with van der Waals surface area (Å²) in [6.45, 7) is 8.32. The number of carbonyl (C=O) groups excluding carboxylic acids is 1. The Morgan fingerprint density at radius 1 is 0.741 bits per heavy atom. The number of carbonyl (C=O) groups is 1. The Morgan fingerprint density at radius 2 is 1.07 bits per heavy atom. The molecule has 2 aromatic carbocycles. The molecule has 0 heterocycles. The van der Waals surface area contributed by atoms with E-state index in [1.54, 1.807) is 27.7 Å². The predicted molar refractivity (Wildman–Crippen MR) is 106 cm³/mol. The third kappa shape index (κ3) is 10.6. The third-order valence-electron chi connectivity index (χ3n) is 3.85. The molecule has 0 atom stereocenters. The maximum absolute atomic E-state index is 12.0. The molecule has 2 rings (SSSR count). The molecule has 2 aromatic rings. The van der Waals surface area contributed by atoms with Crippen LogP contribution in [0, 0.1) is 6.92 Å². The number of hydrogen-bond acceptors (Lipinski definition) is 6. The zero-order valence-corrected chi connectivity index (χ0v) is 16.4. The van der Waals surface area contributed by atoms with E-state index in [1.807, 2.05) is 61.5 Å². The van der Waals surface area contributed by atoms with Gasteiger partial charge in [-0.05, 0) is 34.6 Å². The van der Waals surface area contributed by atoms with Crippen molar-refractivity contribution in [3.8, 4) is 0 Å². The highest BCUT2D eigenvalue weighted by molar-refractivity contribution is 6.30. The molecule has 6 nitrogen and oxygen atoms in total. The maximum atomic E-state index is 12.0. The van der Waals surface area contributed by atoms with Crippen LogP contribution in [0.4, 0.5) is 0 Å². The molecule has 0 radical (unpaired) electrons. The van der Waals surface area contributed by atoms with Crippen LogP contribution in [0.25, 0.3) is 0 Å². The van der Waals surface area contributed by atoms with Crippen LogP contribution in [0.2, 0.25) is 0 Å². The van der Waals surface area contributed by atoms with Crippen molar-refractivity contribution in [3.63, 3.8) is 0 Å². The van der Waals surface area contributed by atoms with Gasteiger partial charge in [-0.3, -0.25) is 4.79 Å². The Hall–Kier alpha value is -2.03. The van der Waals surface area contributed by atoms with Gasteiger partial charge in [0.15, 0.2) is 5.78 Å². The first-order valence-corrected chi connectivity index (χ1v) is 8.41. The lowest BCUT2D eigenvalue weighted by Gasteiger charge is -2.31. The summed E-state index contributed by atoms with van der Waals surface area (Å²) >= 11 is 0. The molecule has 27 heavy (non-hydrogen) atoms. The van der Waals surface area contributed by atoms with Crippen molar-refractivity contribution in [2.24, 2.45) is 0 Å². The lowest BCUT2D eigenvalue weighted by molar-refractivity contribution is -0.107. The van der Waals surface area contributed by atoms with Gasteiger partial charge in [-0.15, -0.1) is 0 Å². The Bertz CT molecular complexity index is 656. The molecule has 7 heteroatoms. The van der Waals surface area contributed by atoms with Gasteiger partial charge in [0.2, 0.25) is 0 Å². The lowest BCUT2D eigenvalue weighted by Crippen LogP contribution is -2.44. The quantitative estimate of drug-likeness (QED) is 0.411. The number of hydrogen-bond donors (Lipinski definition) is 5. The average Bonchev–Trinajstić information content (AvgIpc) is 2.54. The fraction of sp³-hybridized carbons (Fsp3) is 0.350. The molecule has 0 saturated carbocycles. The molecule has 0 fully saturated rings.